The van der Waals surface area contributed by atoms with Crippen molar-refractivity contribution in [3.8, 4) is 0 Å². The summed E-state index contributed by atoms with van der Waals surface area (Å²) in [7, 11) is -5.21. The van der Waals surface area contributed by atoms with E-state index < -0.39 is 14.6 Å². The molecule has 0 rings (SSSR count). The Bertz CT molecular complexity index is 279. The molecule has 0 bridgehead atoms. The summed E-state index contributed by atoms with van der Waals surface area (Å²) in [6.07, 6.45) is 0. The van der Waals surface area contributed by atoms with Crippen LogP contribution >= 0.6 is 14.6 Å². The van der Waals surface area contributed by atoms with Crippen LogP contribution < -0.4 is 4.86 Å². The molecule has 0 saturated carbocycles. The molecule has 0 amide bonds. The maximum Gasteiger partial charge on any atom is 0.158 e. The van der Waals surface area contributed by atoms with Gasteiger partial charge in [-0.15, -0.1) is 0 Å². The fourth-order valence-electron chi connectivity index (χ4n) is 1.90. The minimum Gasteiger partial charge on any atom is -0.306 e. The van der Waals surface area contributed by atoms with Gasteiger partial charge in [0.2, 0.25) is 0 Å². The highest BCUT2D eigenvalue weighted by molar-refractivity contribution is 7.78. The van der Waals surface area contributed by atoms with Crippen molar-refractivity contribution in [3.63, 3.8) is 0 Å². The highest BCUT2D eigenvalue weighted by atomic mass is 31.2. The molecule has 0 aliphatic heterocycles. The lowest BCUT2D eigenvalue weighted by Gasteiger charge is -2.35. The standard InChI is InChI=1S/C12H29NO2P2/c1-9(2)16(14,10(3)4)13-17(15,11(5)6)12(7)8/h9-12H,1-8H3,(H,13,14,15). The summed E-state index contributed by atoms with van der Waals surface area (Å²) in [5.41, 5.74) is 0.0864. The molecule has 0 aliphatic carbocycles. The van der Waals surface area contributed by atoms with Gasteiger partial charge in [-0.25, -0.2) is 4.86 Å². The molecule has 1 N–H and O–H groups in total. The molecular formula is C12H29NO2P2. The Balaban J connectivity index is 5.39. The van der Waals surface area contributed by atoms with Gasteiger partial charge in [0.15, 0.2) is 14.6 Å². The molecule has 0 saturated heterocycles. The summed E-state index contributed by atoms with van der Waals surface area (Å²) >= 11 is 0. The van der Waals surface area contributed by atoms with Gasteiger partial charge < -0.3 is 9.13 Å². The molecule has 17 heavy (non-hydrogen) atoms. The predicted octanol–water partition coefficient (Wildman–Crippen LogP) is 4.77. The van der Waals surface area contributed by atoms with E-state index in [1.165, 1.54) is 0 Å². The molecule has 0 spiro atoms. The first kappa shape index (κ1) is 17.4. The first-order chi connectivity index (χ1) is 7.48. The van der Waals surface area contributed by atoms with E-state index in [1.54, 1.807) is 0 Å². The summed E-state index contributed by atoms with van der Waals surface area (Å²) in [5.74, 6) is 0. The lowest BCUT2D eigenvalue weighted by Crippen LogP contribution is -2.27. The maximum absolute atomic E-state index is 13.0. The van der Waals surface area contributed by atoms with Gasteiger partial charge >= 0.3 is 0 Å². The second-order valence-electron chi connectivity index (χ2n) is 5.89. The number of nitrogens with one attached hydrogen (secondary N) is 1. The Labute approximate surface area is 107 Å². The third-order valence-electron chi connectivity index (χ3n) is 3.38. The lowest BCUT2D eigenvalue weighted by molar-refractivity contribution is 0.542. The SMILES string of the molecule is CC(C)P(=O)(NP(=O)(C(C)C)C(C)C)C(C)C. The number of hydrogen-bond donors (Lipinski definition) is 1. The predicted molar refractivity (Wildman–Crippen MR) is 78.9 cm³/mol. The smallest absolute Gasteiger partial charge is 0.158 e. The molecule has 0 atom stereocenters. The van der Waals surface area contributed by atoms with Crippen molar-refractivity contribution < 1.29 is 9.13 Å². The summed E-state index contributed by atoms with van der Waals surface area (Å²) in [6, 6.07) is 0. The Kier molecular flexibility index (Phi) is 6.19. The lowest BCUT2D eigenvalue weighted by atomic mass is 10.5. The first-order valence-corrected chi connectivity index (χ1v) is 10.2. The van der Waals surface area contributed by atoms with Crippen LogP contribution in [0, 0.1) is 0 Å². The van der Waals surface area contributed by atoms with Gasteiger partial charge in [-0.2, -0.15) is 0 Å². The molecular weight excluding hydrogens is 252 g/mol. The van der Waals surface area contributed by atoms with Gasteiger partial charge in [0.1, 0.15) is 0 Å². The second kappa shape index (κ2) is 6.04. The average Bonchev–Trinajstić information content (AvgIpc) is 2.15. The topological polar surface area (TPSA) is 46.2 Å². The second-order valence-corrected chi connectivity index (χ2v) is 13.7. The fourth-order valence-corrected chi connectivity index (χ4v) is 9.93. The summed E-state index contributed by atoms with van der Waals surface area (Å²) in [6.45, 7) is 15.5. The molecule has 5 heteroatoms. The third kappa shape index (κ3) is 3.69. The third-order valence-corrected chi connectivity index (χ3v) is 12.0. The molecule has 0 unspecified atom stereocenters. The van der Waals surface area contributed by atoms with Crippen molar-refractivity contribution in [3.05, 3.63) is 0 Å². The average molecular weight is 281 g/mol. The van der Waals surface area contributed by atoms with Gasteiger partial charge in [0.25, 0.3) is 0 Å². The normalized spacial score (nSPS) is 14.4. The van der Waals surface area contributed by atoms with E-state index in [0.29, 0.717) is 0 Å². The van der Waals surface area contributed by atoms with Crippen molar-refractivity contribution in [2.75, 3.05) is 0 Å². The van der Waals surface area contributed by atoms with Gasteiger partial charge in [0.05, 0.1) is 0 Å². The fraction of sp³-hybridized carbons (Fsp3) is 1.00. The zero-order valence-electron chi connectivity index (χ0n) is 12.5. The van der Waals surface area contributed by atoms with Crippen molar-refractivity contribution in [2.45, 2.75) is 78.0 Å². The van der Waals surface area contributed by atoms with Crippen molar-refractivity contribution in [1.82, 2.24) is 4.86 Å². The molecule has 0 aliphatic rings. The molecule has 104 valence electrons. The van der Waals surface area contributed by atoms with Crippen LogP contribution in [-0.4, -0.2) is 22.6 Å². The monoisotopic (exact) mass is 281 g/mol. The Morgan fingerprint density at radius 1 is 0.588 bits per heavy atom. The van der Waals surface area contributed by atoms with E-state index in [2.05, 4.69) is 4.86 Å². The van der Waals surface area contributed by atoms with Gasteiger partial charge in [-0.05, 0) is 0 Å². The van der Waals surface area contributed by atoms with Crippen LogP contribution in [0.3, 0.4) is 0 Å². The minimum atomic E-state index is -2.61. The van der Waals surface area contributed by atoms with Crippen molar-refractivity contribution >= 4 is 14.6 Å². The largest absolute Gasteiger partial charge is 0.306 e. The van der Waals surface area contributed by atoms with E-state index in [4.69, 9.17) is 0 Å². The molecule has 3 nitrogen and oxygen atoms in total. The quantitative estimate of drug-likeness (QED) is 0.713. The van der Waals surface area contributed by atoms with E-state index in [1.807, 2.05) is 55.4 Å². The maximum atomic E-state index is 13.0. The van der Waals surface area contributed by atoms with Gasteiger partial charge in [-0.1, -0.05) is 55.4 Å². The van der Waals surface area contributed by atoms with Crippen LogP contribution in [0.25, 0.3) is 0 Å². The Hall–Kier alpha value is 0.420. The van der Waals surface area contributed by atoms with Crippen LogP contribution in [-0.2, 0) is 9.13 Å². The summed E-state index contributed by atoms with van der Waals surface area (Å²) in [5, 5.41) is 0. The van der Waals surface area contributed by atoms with Crippen LogP contribution in [0.5, 0.6) is 0 Å². The number of hydrogen-bond acceptors (Lipinski definition) is 2. The van der Waals surface area contributed by atoms with E-state index in [0.717, 1.165) is 0 Å². The van der Waals surface area contributed by atoms with Gasteiger partial charge in [0, 0.05) is 22.6 Å². The van der Waals surface area contributed by atoms with Crippen LogP contribution in [0.4, 0.5) is 0 Å². The zero-order chi connectivity index (χ0) is 14.0. The Morgan fingerprint density at radius 2 is 0.765 bits per heavy atom. The first-order valence-electron chi connectivity index (χ1n) is 6.46. The van der Waals surface area contributed by atoms with Crippen molar-refractivity contribution in [2.24, 2.45) is 0 Å². The molecule has 0 aromatic rings. The van der Waals surface area contributed by atoms with E-state index in [9.17, 15) is 9.13 Å². The van der Waals surface area contributed by atoms with Crippen LogP contribution in [0.15, 0.2) is 0 Å². The van der Waals surface area contributed by atoms with Gasteiger partial charge in [-0.3, -0.25) is 0 Å². The number of rotatable bonds is 6. The summed E-state index contributed by atoms with van der Waals surface area (Å²) in [4.78, 5) is 3.12. The molecule has 0 aromatic heterocycles. The Morgan fingerprint density at radius 3 is 0.882 bits per heavy atom. The van der Waals surface area contributed by atoms with Crippen molar-refractivity contribution in [1.29, 1.82) is 0 Å². The molecule has 0 aromatic carbocycles. The highest BCUT2D eigenvalue weighted by Crippen LogP contribution is 2.64. The van der Waals surface area contributed by atoms with Crippen LogP contribution in [0.2, 0.25) is 0 Å². The van der Waals surface area contributed by atoms with E-state index in [-0.39, 0.29) is 22.6 Å². The highest BCUT2D eigenvalue weighted by Gasteiger charge is 2.40. The molecule has 0 fully saturated rings. The van der Waals surface area contributed by atoms with Crippen LogP contribution in [0.1, 0.15) is 55.4 Å². The molecule has 0 heterocycles. The van der Waals surface area contributed by atoms with E-state index >= 15 is 0 Å². The zero-order valence-corrected chi connectivity index (χ0v) is 14.3. The minimum absolute atomic E-state index is 0.0216. The summed E-state index contributed by atoms with van der Waals surface area (Å²) < 4.78 is 25.9. The molecule has 0 radical (unpaired) electrons.